The number of anilines is 2. The van der Waals surface area contributed by atoms with E-state index in [1.165, 1.54) is 29.7 Å². The lowest BCUT2D eigenvalue weighted by molar-refractivity contribution is -0.00461. The van der Waals surface area contributed by atoms with Crippen LogP contribution in [-0.4, -0.2) is 39.5 Å². The second kappa shape index (κ2) is 5.24. The van der Waals surface area contributed by atoms with Crippen LogP contribution in [0.15, 0.2) is 0 Å². The SMILES string of the molecule is COC1CN(c2sc(C#N)c(N)c2C2CC2)CC1OC. The van der Waals surface area contributed by atoms with Crippen LogP contribution in [0.5, 0.6) is 0 Å². The molecule has 5 nitrogen and oxygen atoms in total. The summed E-state index contributed by atoms with van der Waals surface area (Å²) in [5.74, 6) is 0.533. The van der Waals surface area contributed by atoms with E-state index in [9.17, 15) is 5.26 Å². The molecule has 2 fully saturated rings. The standard InChI is InChI=1S/C14H19N3O2S/c1-18-9-6-17(7-10(9)19-2)14-12(8-3-4-8)13(16)11(5-15)20-14/h8-10H,3-4,6-7,16H2,1-2H3. The molecule has 2 unspecified atom stereocenters. The topological polar surface area (TPSA) is 71.5 Å². The first kappa shape index (κ1) is 13.7. The number of rotatable bonds is 4. The van der Waals surface area contributed by atoms with Crippen molar-refractivity contribution in [2.45, 2.75) is 31.0 Å². The van der Waals surface area contributed by atoms with Crippen LogP contribution < -0.4 is 10.6 Å². The highest BCUT2D eigenvalue weighted by atomic mass is 32.1. The van der Waals surface area contributed by atoms with Crippen molar-refractivity contribution in [3.8, 4) is 6.07 Å². The monoisotopic (exact) mass is 293 g/mol. The van der Waals surface area contributed by atoms with Gasteiger partial charge in [-0.05, 0) is 18.8 Å². The van der Waals surface area contributed by atoms with Crippen molar-refractivity contribution in [1.29, 1.82) is 5.26 Å². The summed E-state index contributed by atoms with van der Waals surface area (Å²) in [5, 5.41) is 10.4. The smallest absolute Gasteiger partial charge is 0.130 e. The number of nitrogens with two attached hydrogens (primary N) is 1. The maximum Gasteiger partial charge on any atom is 0.130 e. The summed E-state index contributed by atoms with van der Waals surface area (Å²) in [4.78, 5) is 2.90. The van der Waals surface area contributed by atoms with Crippen molar-refractivity contribution in [2.75, 3.05) is 37.9 Å². The fourth-order valence-electron chi connectivity index (χ4n) is 2.89. The number of nitriles is 1. The zero-order valence-corrected chi connectivity index (χ0v) is 12.6. The molecule has 3 rings (SSSR count). The van der Waals surface area contributed by atoms with Crippen LogP contribution in [-0.2, 0) is 9.47 Å². The number of hydrogen-bond acceptors (Lipinski definition) is 6. The molecule has 20 heavy (non-hydrogen) atoms. The minimum Gasteiger partial charge on any atom is -0.397 e. The Labute approximate surface area is 122 Å². The summed E-state index contributed by atoms with van der Waals surface area (Å²) in [6, 6.07) is 2.22. The highest BCUT2D eigenvalue weighted by Crippen LogP contribution is 2.52. The van der Waals surface area contributed by atoms with E-state index >= 15 is 0 Å². The van der Waals surface area contributed by atoms with Gasteiger partial charge in [-0.25, -0.2) is 0 Å². The number of nitrogens with zero attached hydrogens (tertiary/aromatic N) is 2. The summed E-state index contributed by atoms with van der Waals surface area (Å²) in [7, 11) is 3.43. The number of ether oxygens (including phenoxy) is 2. The van der Waals surface area contributed by atoms with Crippen LogP contribution in [0.25, 0.3) is 0 Å². The Morgan fingerprint density at radius 1 is 1.25 bits per heavy atom. The third-order valence-corrected chi connectivity index (χ3v) is 5.35. The Hall–Kier alpha value is -1.29. The molecule has 1 saturated heterocycles. The maximum absolute atomic E-state index is 9.21. The Morgan fingerprint density at radius 2 is 1.85 bits per heavy atom. The predicted molar refractivity (Wildman–Crippen MR) is 79.2 cm³/mol. The Bertz CT molecular complexity index is 535. The zero-order valence-electron chi connectivity index (χ0n) is 11.8. The van der Waals surface area contributed by atoms with Crippen LogP contribution >= 0.6 is 11.3 Å². The largest absolute Gasteiger partial charge is 0.397 e. The lowest BCUT2D eigenvalue weighted by atomic mass is 10.1. The van der Waals surface area contributed by atoms with Crippen molar-refractivity contribution in [1.82, 2.24) is 0 Å². The molecule has 1 saturated carbocycles. The van der Waals surface area contributed by atoms with Crippen LogP contribution in [0.3, 0.4) is 0 Å². The van der Waals surface area contributed by atoms with Crippen LogP contribution in [0.4, 0.5) is 10.7 Å². The molecule has 6 heteroatoms. The first-order valence-corrected chi connectivity index (χ1v) is 7.64. The van der Waals surface area contributed by atoms with Crippen molar-refractivity contribution >= 4 is 22.0 Å². The Kier molecular flexibility index (Phi) is 3.59. The minimum absolute atomic E-state index is 0.0703. The van der Waals surface area contributed by atoms with E-state index in [1.807, 2.05) is 0 Å². The van der Waals surface area contributed by atoms with Crippen molar-refractivity contribution in [3.05, 3.63) is 10.4 Å². The van der Waals surface area contributed by atoms with Crippen LogP contribution in [0, 0.1) is 11.3 Å². The van der Waals surface area contributed by atoms with Gasteiger partial charge in [-0.1, -0.05) is 0 Å². The van der Waals surface area contributed by atoms with E-state index < -0.39 is 0 Å². The maximum atomic E-state index is 9.21. The minimum atomic E-state index is 0.0703. The number of thiophene rings is 1. The molecule has 0 amide bonds. The number of hydrogen-bond donors (Lipinski definition) is 1. The van der Waals surface area contributed by atoms with E-state index in [0.29, 0.717) is 16.5 Å². The highest BCUT2D eigenvalue weighted by Gasteiger charge is 2.38. The fourth-order valence-corrected chi connectivity index (χ4v) is 4.01. The van der Waals surface area contributed by atoms with Crippen LogP contribution in [0.2, 0.25) is 0 Å². The number of methoxy groups -OCH3 is 2. The van der Waals surface area contributed by atoms with Crippen molar-refractivity contribution in [3.63, 3.8) is 0 Å². The predicted octanol–water partition coefficient (Wildman–Crippen LogP) is 1.93. The first-order chi connectivity index (χ1) is 9.69. The van der Waals surface area contributed by atoms with Gasteiger partial charge in [0.1, 0.15) is 23.2 Å². The molecule has 2 aliphatic rings. The van der Waals surface area contributed by atoms with Gasteiger partial charge in [0.15, 0.2) is 0 Å². The molecule has 0 radical (unpaired) electrons. The molecule has 1 aliphatic heterocycles. The molecular formula is C14H19N3O2S. The molecule has 2 N–H and O–H groups in total. The lowest BCUT2D eigenvalue weighted by Gasteiger charge is -2.18. The Morgan fingerprint density at radius 3 is 2.30 bits per heavy atom. The molecule has 0 spiro atoms. The zero-order chi connectivity index (χ0) is 14.3. The quantitative estimate of drug-likeness (QED) is 0.918. The normalized spacial score (nSPS) is 25.9. The second-order valence-corrected chi connectivity index (χ2v) is 6.40. The summed E-state index contributed by atoms with van der Waals surface area (Å²) >= 11 is 1.51. The first-order valence-electron chi connectivity index (χ1n) is 6.82. The van der Waals surface area contributed by atoms with Crippen molar-refractivity contribution in [2.24, 2.45) is 0 Å². The molecule has 2 atom stereocenters. The summed E-state index contributed by atoms with van der Waals surface area (Å²) in [6.07, 6.45) is 2.49. The number of nitrogen functional groups attached to an aromatic ring is 1. The van der Waals surface area contributed by atoms with Crippen molar-refractivity contribution < 1.29 is 9.47 Å². The van der Waals surface area contributed by atoms with E-state index in [4.69, 9.17) is 15.2 Å². The summed E-state index contributed by atoms with van der Waals surface area (Å²) in [5.41, 5.74) is 8.02. The molecule has 1 aromatic rings. The van der Waals surface area contributed by atoms with Gasteiger partial charge in [0.05, 0.1) is 10.7 Å². The molecule has 0 aromatic carbocycles. The van der Waals surface area contributed by atoms with E-state index in [1.54, 1.807) is 14.2 Å². The van der Waals surface area contributed by atoms with Gasteiger partial charge in [-0.3, -0.25) is 0 Å². The van der Waals surface area contributed by atoms with E-state index in [2.05, 4.69) is 11.0 Å². The molecule has 1 aliphatic carbocycles. The average Bonchev–Trinajstić information content (AvgIpc) is 3.11. The molecule has 108 valence electrons. The molecule has 1 aromatic heterocycles. The van der Waals surface area contributed by atoms with Gasteiger partial charge in [0.25, 0.3) is 0 Å². The Balaban J connectivity index is 1.93. The van der Waals surface area contributed by atoms with Gasteiger partial charge in [-0.2, -0.15) is 5.26 Å². The van der Waals surface area contributed by atoms with Crippen LogP contribution in [0.1, 0.15) is 29.2 Å². The van der Waals surface area contributed by atoms with Gasteiger partial charge in [0, 0.05) is 32.9 Å². The lowest BCUT2D eigenvalue weighted by Crippen LogP contribution is -2.27. The molecular weight excluding hydrogens is 274 g/mol. The molecule has 0 bridgehead atoms. The molecule has 2 heterocycles. The third-order valence-electron chi connectivity index (χ3n) is 4.16. The van der Waals surface area contributed by atoms with E-state index in [-0.39, 0.29) is 12.2 Å². The average molecular weight is 293 g/mol. The highest BCUT2D eigenvalue weighted by molar-refractivity contribution is 7.17. The van der Waals surface area contributed by atoms with Gasteiger partial charge in [0.2, 0.25) is 0 Å². The third kappa shape index (κ3) is 2.16. The summed E-state index contributed by atoms with van der Waals surface area (Å²) < 4.78 is 11.0. The summed E-state index contributed by atoms with van der Waals surface area (Å²) in [6.45, 7) is 1.58. The van der Waals surface area contributed by atoms with Gasteiger partial charge in [-0.15, -0.1) is 11.3 Å². The van der Waals surface area contributed by atoms with E-state index in [0.717, 1.165) is 18.1 Å². The van der Waals surface area contributed by atoms with Gasteiger partial charge < -0.3 is 20.1 Å². The van der Waals surface area contributed by atoms with Gasteiger partial charge >= 0.3 is 0 Å². The second-order valence-electron chi connectivity index (χ2n) is 5.40. The fraction of sp³-hybridized carbons (Fsp3) is 0.643.